The normalized spacial score (nSPS) is 34.7. The van der Waals surface area contributed by atoms with E-state index in [1.165, 1.54) is 25.7 Å². The van der Waals surface area contributed by atoms with Crippen LogP contribution in [-0.4, -0.2) is 53.8 Å². The first-order valence-corrected chi connectivity index (χ1v) is 7.75. The van der Waals surface area contributed by atoms with Crippen LogP contribution in [0.1, 0.15) is 32.1 Å². The zero-order chi connectivity index (χ0) is 12.4. The minimum absolute atomic E-state index is 0.378. The molecular formula is C13H23BrN2O. The van der Waals surface area contributed by atoms with Crippen molar-refractivity contribution in [3.05, 3.63) is 0 Å². The maximum absolute atomic E-state index is 12.0. The second kappa shape index (κ2) is 5.70. The van der Waals surface area contributed by atoms with Gasteiger partial charge in [0.2, 0.25) is 5.91 Å². The fraction of sp³-hybridized carbons (Fsp3) is 0.923. The van der Waals surface area contributed by atoms with Gasteiger partial charge in [0.1, 0.15) is 0 Å². The number of carbonyl (C=O) groups is 1. The standard InChI is InChI=1S/C13H23BrN2O/c1-15(2)11-3-5-12(6-4-11)16-9-10(8-14)7-13(16)17/h10-12H,3-9H2,1-2H3. The summed E-state index contributed by atoms with van der Waals surface area (Å²) in [4.78, 5) is 16.4. The second-order valence-electron chi connectivity index (χ2n) is 5.70. The van der Waals surface area contributed by atoms with Crippen molar-refractivity contribution in [1.82, 2.24) is 9.80 Å². The Bertz CT molecular complexity index is 275. The maximum Gasteiger partial charge on any atom is 0.223 e. The van der Waals surface area contributed by atoms with Crippen molar-refractivity contribution in [2.45, 2.75) is 44.2 Å². The Balaban J connectivity index is 1.87. The number of likely N-dealkylation sites (tertiary alicyclic amines) is 1. The van der Waals surface area contributed by atoms with Crippen molar-refractivity contribution >= 4 is 21.8 Å². The van der Waals surface area contributed by atoms with Crippen LogP contribution in [0.25, 0.3) is 0 Å². The number of carbonyl (C=O) groups excluding carboxylic acids is 1. The molecule has 2 rings (SSSR count). The Morgan fingerprint density at radius 3 is 2.41 bits per heavy atom. The molecule has 17 heavy (non-hydrogen) atoms. The minimum atomic E-state index is 0.378. The Morgan fingerprint density at radius 2 is 1.94 bits per heavy atom. The number of amides is 1. The van der Waals surface area contributed by atoms with E-state index >= 15 is 0 Å². The van der Waals surface area contributed by atoms with Crippen LogP contribution in [0.15, 0.2) is 0 Å². The Morgan fingerprint density at radius 1 is 1.29 bits per heavy atom. The molecule has 0 N–H and O–H groups in total. The number of alkyl halides is 1. The van der Waals surface area contributed by atoms with Gasteiger partial charge in [0.15, 0.2) is 0 Å². The first-order chi connectivity index (χ1) is 8.11. The number of halogens is 1. The van der Waals surface area contributed by atoms with E-state index in [-0.39, 0.29) is 0 Å². The summed E-state index contributed by atoms with van der Waals surface area (Å²) in [6.07, 6.45) is 5.59. The fourth-order valence-corrected chi connectivity index (χ4v) is 3.58. The molecule has 98 valence electrons. The van der Waals surface area contributed by atoms with Crippen LogP contribution in [-0.2, 0) is 4.79 Å². The van der Waals surface area contributed by atoms with E-state index in [9.17, 15) is 4.79 Å². The Hall–Kier alpha value is -0.0900. The quantitative estimate of drug-likeness (QED) is 0.746. The maximum atomic E-state index is 12.0. The van der Waals surface area contributed by atoms with Crippen molar-refractivity contribution in [3.8, 4) is 0 Å². The topological polar surface area (TPSA) is 23.6 Å². The number of rotatable bonds is 3. The van der Waals surface area contributed by atoms with Crippen LogP contribution < -0.4 is 0 Å². The van der Waals surface area contributed by atoms with Crippen LogP contribution in [0.2, 0.25) is 0 Å². The van der Waals surface area contributed by atoms with E-state index in [0.717, 1.165) is 24.3 Å². The zero-order valence-electron chi connectivity index (χ0n) is 10.9. The lowest BCUT2D eigenvalue weighted by molar-refractivity contribution is -0.130. The molecule has 0 spiro atoms. The summed E-state index contributed by atoms with van der Waals surface area (Å²) in [5.41, 5.74) is 0. The summed E-state index contributed by atoms with van der Waals surface area (Å²) < 4.78 is 0. The molecule has 1 aliphatic heterocycles. The van der Waals surface area contributed by atoms with E-state index in [2.05, 4.69) is 39.8 Å². The molecule has 0 radical (unpaired) electrons. The molecule has 0 aromatic heterocycles. The van der Waals surface area contributed by atoms with E-state index in [1.54, 1.807) is 0 Å². The summed E-state index contributed by atoms with van der Waals surface area (Å²) in [5.74, 6) is 0.914. The Kier molecular flexibility index (Phi) is 4.47. The predicted molar refractivity (Wildman–Crippen MR) is 73.3 cm³/mol. The average Bonchev–Trinajstić information content (AvgIpc) is 2.71. The smallest absolute Gasteiger partial charge is 0.223 e. The minimum Gasteiger partial charge on any atom is -0.339 e. The number of hydrogen-bond donors (Lipinski definition) is 0. The third-order valence-corrected chi connectivity index (χ3v) is 5.21. The molecular weight excluding hydrogens is 280 g/mol. The van der Waals surface area contributed by atoms with Crippen LogP contribution in [0.5, 0.6) is 0 Å². The molecule has 2 fully saturated rings. The van der Waals surface area contributed by atoms with Gasteiger partial charge in [-0.25, -0.2) is 0 Å². The SMILES string of the molecule is CN(C)C1CCC(N2CC(CBr)CC2=O)CC1. The van der Waals surface area contributed by atoms with Gasteiger partial charge in [0, 0.05) is 30.4 Å². The highest BCUT2D eigenvalue weighted by Gasteiger charge is 2.35. The molecule has 0 aromatic carbocycles. The first kappa shape index (κ1) is 13.3. The lowest BCUT2D eigenvalue weighted by Crippen LogP contribution is -2.42. The Labute approximate surface area is 113 Å². The highest BCUT2D eigenvalue weighted by molar-refractivity contribution is 9.09. The molecule has 1 heterocycles. The van der Waals surface area contributed by atoms with Gasteiger partial charge in [-0.2, -0.15) is 0 Å². The summed E-state index contributed by atoms with van der Waals surface area (Å²) in [6, 6.07) is 1.23. The summed E-state index contributed by atoms with van der Waals surface area (Å²) >= 11 is 3.50. The van der Waals surface area contributed by atoms with Crippen molar-refractivity contribution in [2.75, 3.05) is 26.0 Å². The van der Waals surface area contributed by atoms with Crippen molar-refractivity contribution in [1.29, 1.82) is 0 Å². The third-order valence-electron chi connectivity index (χ3n) is 4.29. The molecule has 1 saturated carbocycles. The van der Waals surface area contributed by atoms with Crippen LogP contribution in [0.3, 0.4) is 0 Å². The van der Waals surface area contributed by atoms with Crippen molar-refractivity contribution in [3.63, 3.8) is 0 Å². The molecule has 1 unspecified atom stereocenters. The van der Waals surface area contributed by atoms with Crippen molar-refractivity contribution in [2.24, 2.45) is 5.92 Å². The van der Waals surface area contributed by atoms with Crippen LogP contribution >= 0.6 is 15.9 Å². The van der Waals surface area contributed by atoms with E-state index in [1.807, 2.05) is 0 Å². The molecule has 1 atom stereocenters. The summed E-state index contributed by atoms with van der Waals surface area (Å²) in [5, 5.41) is 0.961. The third kappa shape index (κ3) is 3.02. The summed E-state index contributed by atoms with van der Waals surface area (Å²) in [6.45, 7) is 0.974. The highest BCUT2D eigenvalue weighted by atomic mass is 79.9. The van der Waals surface area contributed by atoms with E-state index in [0.29, 0.717) is 17.9 Å². The van der Waals surface area contributed by atoms with Gasteiger partial charge >= 0.3 is 0 Å². The molecule has 1 saturated heterocycles. The molecule has 3 nitrogen and oxygen atoms in total. The average molecular weight is 303 g/mol. The molecule has 0 bridgehead atoms. The fourth-order valence-electron chi connectivity index (χ4n) is 3.15. The van der Waals surface area contributed by atoms with Gasteiger partial charge in [-0.3, -0.25) is 4.79 Å². The molecule has 2 aliphatic rings. The molecule has 1 aliphatic carbocycles. The monoisotopic (exact) mass is 302 g/mol. The number of hydrogen-bond acceptors (Lipinski definition) is 2. The highest BCUT2D eigenvalue weighted by Crippen LogP contribution is 2.30. The van der Waals surface area contributed by atoms with Gasteiger partial charge in [-0.15, -0.1) is 0 Å². The van der Waals surface area contributed by atoms with Crippen LogP contribution in [0.4, 0.5) is 0 Å². The lowest BCUT2D eigenvalue weighted by Gasteiger charge is -2.37. The second-order valence-corrected chi connectivity index (χ2v) is 6.34. The zero-order valence-corrected chi connectivity index (χ0v) is 12.4. The molecule has 0 aromatic rings. The largest absolute Gasteiger partial charge is 0.339 e. The van der Waals surface area contributed by atoms with Crippen molar-refractivity contribution < 1.29 is 4.79 Å². The van der Waals surface area contributed by atoms with Gasteiger partial charge < -0.3 is 9.80 Å². The van der Waals surface area contributed by atoms with E-state index < -0.39 is 0 Å². The van der Waals surface area contributed by atoms with Gasteiger partial charge in [-0.05, 0) is 45.7 Å². The van der Waals surface area contributed by atoms with E-state index in [4.69, 9.17) is 0 Å². The van der Waals surface area contributed by atoms with Crippen LogP contribution in [0, 0.1) is 5.92 Å². The lowest BCUT2D eigenvalue weighted by atomic mass is 9.89. The summed E-state index contributed by atoms with van der Waals surface area (Å²) in [7, 11) is 4.32. The molecule has 1 amide bonds. The predicted octanol–water partition coefficient (Wildman–Crippen LogP) is 2.10. The molecule has 4 heteroatoms. The van der Waals surface area contributed by atoms with Gasteiger partial charge in [0.25, 0.3) is 0 Å². The van der Waals surface area contributed by atoms with Gasteiger partial charge in [0.05, 0.1) is 0 Å². The first-order valence-electron chi connectivity index (χ1n) is 6.63. The van der Waals surface area contributed by atoms with Gasteiger partial charge in [-0.1, -0.05) is 15.9 Å². The number of nitrogens with zero attached hydrogens (tertiary/aromatic N) is 2.